The van der Waals surface area contributed by atoms with Crippen LogP contribution in [0.2, 0.25) is 0 Å². The van der Waals surface area contributed by atoms with Crippen molar-refractivity contribution in [2.45, 2.75) is 38.6 Å². The second-order valence-corrected chi connectivity index (χ2v) is 4.83. The van der Waals surface area contributed by atoms with Crippen LogP contribution in [0.15, 0.2) is 24.3 Å². The van der Waals surface area contributed by atoms with Crippen LogP contribution in [-0.4, -0.2) is 6.41 Å². The molecule has 4 heteroatoms. The quantitative estimate of drug-likeness (QED) is 0.329. The van der Waals surface area contributed by atoms with Crippen molar-refractivity contribution in [3.63, 3.8) is 0 Å². The summed E-state index contributed by atoms with van der Waals surface area (Å²) in [6.45, 7) is 2.11. The standard InChI is InChI=1S/C13H19N.CH4N2O/c1-10-5-7-12(8-6-10)13(14)9-11-3-2-4-11;2-3-1-4/h5-8,11,13H,2-4,9,14H2,1H3;1H,2H2,(H,3,4). The van der Waals surface area contributed by atoms with Gasteiger partial charge in [0.2, 0.25) is 6.41 Å². The topological polar surface area (TPSA) is 81.1 Å². The monoisotopic (exact) mass is 249 g/mol. The van der Waals surface area contributed by atoms with Crippen LogP contribution >= 0.6 is 0 Å². The number of hydrogen-bond acceptors (Lipinski definition) is 3. The molecule has 0 spiro atoms. The summed E-state index contributed by atoms with van der Waals surface area (Å²) in [6, 6.07) is 8.88. The number of hydrogen-bond donors (Lipinski definition) is 3. The van der Waals surface area contributed by atoms with Gasteiger partial charge in [-0.25, -0.2) is 5.84 Å². The highest BCUT2D eigenvalue weighted by Crippen LogP contribution is 2.33. The number of hydrazine groups is 1. The molecule has 100 valence electrons. The van der Waals surface area contributed by atoms with Crippen LogP contribution < -0.4 is 17.0 Å². The molecule has 2 rings (SSSR count). The average Bonchev–Trinajstić information content (AvgIpc) is 2.35. The molecule has 1 aliphatic rings. The zero-order chi connectivity index (χ0) is 13.4. The number of carbonyl (C=O) groups is 1. The highest BCUT2D eigenvalue weighted by Gasteiger charge is 2.20. The predicted octanol–water partition coefficient (Wildman–Crippen LogP) is 1.79. The highest BCUT2D eigenvalue weighted by molar-refractivity contribution is 5.44. The van der Waals surface area contributed by atoms with Crippen LogP contribution in [0.5, 0.6) is 0 Å². The number of nitrogens with one attached hydrogen (secondary N) is 1. The Morgan fingerprint density at radius 2 is 1.94 bits per heavy atom. The van der Waals surface area contributed by atoms with E-state index in [1.54, 1.807) is 5.43 Å². The summed E-state index contributed by atoms with van der Waals surface area (Å²) in [7, 11) is 0. The first kappa shape index (κ1) is 14.7. The molecule has 0 aliphatic heterocycles. The van der Waals surface area contributed by atoms with Crippen LogP contribution in [-0.2, 0) is 4.79 Å². The van der Waals surface area contributed by atoms with E-state index in [-0.39, 0.29) is 6.04 Å². The molecule has 1 amide bonds. The third kappa shape index (κ3) is 4.85. The molecule has 1 fully saturated rings. The lowest BCUT2D eigenvalue weighted by Crippen LogP contribution is -2.19. The van der Waals surface area contributed by atoms with Crippen molar-refractivity contribution in [3.8, 4) is 0 Å². The van der Waals surface area contributed by atoms with Gasteiger partial charge < -0.3 is 5.73 Å². The molecule has 1 saturated carbocycles. The molecule has 18 heavy (non-hydrogen) atoms. The first-order valence-corrected chi connectivity index (χ1v) is 6.39. The third-order valence-corrected chi connectivity index (χ3v) is 3.39. The van der Waals surface area contributed by atoms with Crippen molar-refractivity contribution < 1.29 is 4.79 Å². The Bertz CT molecular complexity index is 347. The summed E-state index contributed by atoms with van der Waals surface area (Å²) < 4.78 is 0. The van der Waals surface area contributed by atoms with Gasteiger partial charge in [0.15, 0.2) is 0 Å². The number of aryl methyl sites for hydroxylation is 1. The third-order valence-electron chi connectivity index (χ3n) is 3.39. The molecule has 0 aromatic heterocycles. The van der Waals surface area contributed by atoms with E-state index in [2.05, 4.69) is 37.0 Å². The molecular weight excluding hydrogens is 226 g/mol. The van der Waals surface area contributed by atoms with Crippen molar-refractivity contribution in [3.05, 3.63) is 35.4 Å². The maximum Gasteiger partial charge on any atom is 0.221 e. The minimum absolute atomic E-state index is 0.251. The largest absolute Gasteiger partial charge is 0.324 e. The zero-order valence-corrected chi connectivity index (χ0v) is 10.9. The van der Waals surface area contributed by atoms with E-state index < -0.39 is 0 Å². The summed E-state index contributed by atoms with van der Waals surface area (Å²) in [4.78, 5) is 8.94. The fourth-order valence-electron chi connectivity index (χ4n) is 2.04. The number of rotatable bonds is 4. The molecule has 1 unspecified atom stereocenters. The van der Waals surface area contributed by atoms with Gasteiger partial charge in [0.1, 0.15) is 0 Å². The van der Waals surface area contributed by atoms with Gasteiger partial charge in [-0.1, -0.05) is 49.1 Å². The van der Waals surface area contributed by atoms with Crippen LogP contribution in [0.25, 0.3) is 0 Å². The Balaban J connectivity index is 0.000000357. The summed E-state index contributed by atoms with van der Waals surface area (Å²) in [6.07, 6.45) is 5.76. The van der Waals surface area contributed by atoms with Gasteiger partial charge in [0, 0.05) is 6.04 Å². The smallest absolute Gasteiger partial charge is 0.221 e. The van der Waals surface area contributed by atoms with E-state index in [0.717, 1.165) is 5.92 Å². The molecule has 4 nitrogen and oxygen atoms in total. The SMILES string of the molecule is Cc1ccc(C(N)CC2CCC2)cc1.NNC=O. The Morgan fingerprint density at radius 1 is 1.39 bits per heavy atom. The van der Waals surface area contributed by atoms with Crippen molar-refractivity contribution in [2.75, 3.05) is 0 Å². The van der Waals surface area contributed by atoms with Gasteiger partial charge in [-0.3, -0.25) is 10.2 Å². The van der Waals surface area contributed by atoms with Crippen molar-refractivity contribution in [1.82, 2.24) is 5.43 Å². The summed E-state index contributed by atoms with van der Waals surface area (Å²) >= 11 is 0. The Hall–Kier alpha value is -1.39. The fourth-order valence-corrected chi connectivity index (χ4v) is 2.04. The van der Waals surface area contributed by atoms with Gasteiger partial charge in [-0.05, 0) is 24.8 Å². The second kappa shape index (κ2) is 7.84. The zero-order valence-electron chi connectivity index (χ0n) is 10.9. The molecular formula is C14H23N3O. The molecule has 5 N–H and O–H groups in total. The first-order valence-electron chi connectivity index (χ1n) is 6.39. The van der Waals surface area contributed by atoms with E-state index >= 15 is 0 Å². The maximum atomic E-state index is 8.94. The van der Waals surface area contributed by atoms with E-state index in [1.165, 1.54) is 36.8 Å². The van der Waals surface area contributed by atoms with Crippen LogP contribution in [0, 0.1) is 12.8 Å². The molecule has 1 aromatic rings. The summed E-state index contributed by atoms with van der Waals surface area (Å²) in [5, 5.41) is 0. The van der Waals surface area contributed by atoms with Crippen molar-refractivity contribution >= 4 is 6.41 Å². The van der Waals surface area contributed by atoms with Gasteiger partial charge in [-0.2, -0.15) is 0 Å². The normalized spacial score (nSPS) is 15.9. The summed E-state index contributed by atoms with van der Waals surface area (Å²) in [5.41, 5.74) is 10.5. The van der Waals surface area contributed by atoms with Gasteiger partial charge in [0.25, 0.3) is 0 Å². The molecule has 0 heterocycles. The number of benzene rings is 1. The van der Waals surface area contributed by atoms with E-state index in [4.69, 9.17) is 10.5 Å². The molecule has 1 aromatic carbocycles. The van der Waals surface area contributed by atoms with Crippen molar-refractivity contribution in [1.29, 1.82) is 0 Å². The van der Waals surface area contributed by atoms with Crippen LogP contribution in [0.3, 0.4) is 0 Å². The van der Waals surface area contributed by atoms with E-state index in [1.807, 2.05) is 0 Å². The van der Waals surface area contributed by atoms with Crippen LogP contribution in [0.4, 0.5) is 0 Å². The average molecular weight is 249 g/mol. The van der Waals surface area contributed by atoms with Crippen molar-refractivity contribution in [2.24, 2.45) is 17.5 Å². The minimum atomic E-state index is 0.251. The predicted molar refractivity (Wildman–Crippen MR) is 73.5 cm³/mol. The first-order chi connectivity index (χ1) is 8.67. The fraction of sp³-hybridized carbons (Fsp3) is 0.500. The van der Waals surface area contributed by atoms with Gasteiger partial charge >= 0.3 is 0 Å². The Kier molecular flexibility index (Phi) is 6.39. The molecule has 0 saturated heterocycles. The van der Waals surface area contributed by atoms with Crippen LogP contribution in [0.1, 0.15) is 42.9 Å². The van der Waals surface area contributed by atoms with Gasteiger partial charge in [0.05, 0.1) is 0 Å². The lowest BCUT2D eigenvalue weighted by atomic mass is 9.80. The molecule has 1 atom stereocenters. The summed E-state index contributed by atoms with van der Waals surface area (Å²) in [5.74, 6) is 5.30. The lowest BCUT2D eigenvalue weighted by molar-refractivity contribution is -0.109. The Labute approximate surface area is 109 Å². The minimum Gasteiger partial charge on any atom is -0.324 e. The number of carbonyl (C=O) groups excluding carboxylic acids is 1. The molecule has 0 radical (unpaired) electrons. The molecule has 1 aliphatic carbocycles. The molecule has 0 bridgehead atoms. The van der Waals surface area contributed by atoms with Gasteiger partial charge in [-0.15, -0.1) is 0 Å². The maximum absolute atomic E-state index is 8.94. The number of amides is 1. The second-order valence-electron chi connectivity index (χ2n) is 4.83. The van der Waals surface area contributed by atoms with E-state index in [9.17, 15) is 0 Å². The number of nitrogens with two attached hydrogens (primary N) is 2. The highest BCUT2D eigenvalue weighted by atomic mass is 16.1. The lowest BCUT2D eigenvalue weighted by Gasteiger charge is -2.28. The van der Waals surface area contributed by atoms with E-state index in [0.29, 0.717) is 6.41 Å². The Morgan fingerprint density at radius 3 is 2.33 bits per heavy atom.